The molecule has 0 amide bonds. The molecule has 0 aliphatic carbocycles. The normalized spacial score (nSPS) is 13.1. The van der Waals surface area contributed by atoms with E-state index in [1.165, 1.54) is 5.56 Å². The van der Waals surface area contributed by atoms with E-state index in [9.17, 15) is 0 Å². The van der Waals surface area contributed by atoms with Gasteiger partial charge in [-0.3, -0.25) is 4.68 Å². The Balaban J connectivity index is 2.04. The van der Waals surface area contributed by atoms with Crippen LogP contribution in [-0.4, -0.2) is 27.5 Å². The molecule has 4 heteroatoms. The monoisotopic (exact) mass is 197 g/mol. The highest BCUT2D eigenvalue weighted by Gasteiger charge is 1.97. The SMILES string of the molecule is CC(O)CCCNCc1cnn(C)c1. The molecule has 1 aromatic rings. The second-order valence-corrected chi connectivity index (χ2v) is 3.69. The zero-order valence-electron chi connectivity index (χ0n) is 8.90. The maximum absolute atomic E-state index is 9.03. The molecule has 0 radical (unpaired) electrons. The number of nitrogens with zero attached hydrogens (tertiary/aromatic N) is 2. The Morgan fingerprint density at radius 2 is 2.43 bits per heavy atom. The first kappa shape index (κ1) is 11.2. The van der Waals surface area contributed by atoms with Crippen molar-refractivity contribution in [2.75, 3.05) is 6.54 Å². The van der Waals surface area contributed by atoms with E-state index in [0.29, 0.717) is 0 Å². The van der Waals surface area contributed by atoms with E-state index >= 15 is 0 Å². The van der Waals surface area contributed by atoms with Gasteiger partial charge in [-0.25, -0.2) is 0 Å². The Hall–Kier alpha value is -0.870. The van der Waals surface area contributed by atoms with Crippen LogP contribution in [0, 0.1) is 0 Å². The Kier molecular flexibility index (Phi) is 4.62. The summed E-state index contributed by atoms with van der Waals surface area (Å²) in [5.41, 5.74) is 1.20. The predicted octanol–water partition coefficient (Wildman–Crippen LogP) is 0.671. The van der Waals surface area contributed by atoms with Crippen molar-refractivity contribution in [3.05, 3.63) is 18.0 Å². The van der Waals surface area contributed by atoms with Gasteiger partial charge in [0.1, 0.15) is 0 Å². The number of rotatable bonds is 6. The van der Waals surface area contributed by atoms with Gasteiger partial charge in [0.15, 0.2) is 0 Å². The van der Waals surface area contributed by atoms with E-state index in [4.69, 9.17) is 5.11 Å². The number of aliphatic hydroxyl groups excluding tert-OH is 1. The molecule has 0 aliphatic rings. The van der Waals surface area contributed by atoms with Crippen molar-refractivity contribution in [1.82, 2.24) is 15.1 Å². The minimum Gasteiger partial charge on any atom is -0.393 e. The molecule has 0 fully saturated rings. The fourth-order valence-corrected chi connectivity index (χ4v) is 1.32. The van der Waals surface area contributed by atoms with Crippen LogP contribution in [0.4, 0.5) is 0 Å². The molecule has 14 heavy (non-hydrogen) atoms. The Morgan fingerprint density at radius 3 is 3.00 bits per heavy atom. The van der Waals surface area contributed by atoms with Gasteiger partial charge in [-0.05, 0) is 26.3 Å². The molecule has 0 saturated heterocycles. The first-order chi connectivity index (χ1) is 6.68. The van der Waals surface area contributed by atoms with Crippen LogP contribution in [-0.2, 0) is 13.6 Å². The second-order valence-electron chi connectivity index (χ2n) is 3.69. The maximum atomic E-state index is 9.03. The van der Waals surface area contributed by atoms with Gasteiger partial charge in [0.25, 0.3) is 0 Å². The third-order valence-electron chi connectivity index (χ3n) is 2.06. The van der Waals surface area contributed by atoms with E-state index in [0.717, 1.165) is 25.9 Å². The molecule has 0 saturated carbocycles. The fourth-order valence-electron chi connectivity index (χ4n) is 1.32. The van der Waals surface area contributed by atoms with Crippen LogP contribution in [0.15, 0.2) is 12.4 Å². The van der Waals surface area contributed by atoms with Crippen molar-refractivity contribution in [3.8, 4) is 0 Å². The molecule has 4 nitrogen and oxygen atoms in total. The van der Waals surface area contributed by atoms with Gasteiger partial charge in [-0.2, -0.15) is 5.10 Å². The van der Waals surface area contributed by atoms with Crippen LogP contribution in [0.3, 0.4) is 0 Å². The summed E-state index contributed by atoms with van der Waals surface area (Å²) in [4.78, 5) is 0. The summed E-state index contributed by atoms with van der Waals surface area (Å²) >= 11 is 0. The van der Waals surface area contributed by atoms with E-state index < -0.39 is 0 Å². The van der Waals surface area contributed by atoms with Crippen LogP contribution < -0.4 is 5.32 Å². The summed E-state index contributed by atoms with van der Waals surface area (Å²) in [6.45, 7) is 3.62. The molecular formula is C10H19N3O. The van der Waals surface area contributed by atoms with E-state index in [2.05, 4.69) is 10.4 Å². The predicted molar refractivity (Wildman–Crippen MR) is 55.8 cm³/mol. The molecule has 1 aromatic heterocycles. The van der Waals surface area contributed by atoms with Crippen molar-refractivity contribution >= 4 is 0 Å². The zero-order chi connectivity index (χ0) is 10.4. The molecule has 0 bridgehead atoms. The van der Waals surface area contributed by atoms with Crippen LogP contribution in [0.25, 0.3) is 0 Å². The Bertz CT molecular complexity index is 258. The Morgan fingerprint density at radius 1 is 1.64 bits per heavy atom. The number of aryl methyl sites for hydroxylation is 1. The first-order valence-electron chi connectivity index (χ1n) is 5.05. The summed E-state index contributed by atoms with van der Waals surface area (Å²) in [6, 6.07) is 0. The van der Waals surface area contributed by atoms with E-state index in [1.54, 1.807) is 4.68 Å². The van der Waals surface area contributed by atoms with E-state index in [-0.39, 0.29) is 6.10 Å². The van der Waals surface area contributed by atoms with Crippen molar-refractivity contribution in [1.29, 1.82) is 0 Å². The van der Waals surface area contributed by atoms with Crippen LogP contribution in [0.2, 0.25) is 0 Å². The minimum atomic E-state index is -0.185. The molecule has 80 valence electrons. The van der Waals surface area contributed by atoms with Crippen LogP contribution in [0.5, 0.6) is 0 Å². The summed E-state index contributed by atoms with van der Waals surface area (Å²) in [6.07, 6.45) is 5.55. The van der Waals surface area contributed by atoms with Crippen LogP contribution >= 0.6 is 0 Å². The van der Waals surface area contributed by atoms with Gasteiger partial charge < -0.3 is 10.4 Å². The third-order valence-corrected chi connectivity index (χ3v) is 2.06. The lowest BCUT2D eigenvalue weighted by molar-refractivity contribution is 0.181. The molecule has 2 N–H and O–H groups in total. The van der Waals surface area contributed by atoms with Crippen molar-refractivity contribution < 1.29 is 5.11 Å². The largest absolute Gasteiger partial charge is 0.393 e. The summed E-state index contributed by atoms with van der Waals surface area (Å²) in [5, 5.41) is 16.4. The molecule has 1 rings (SSSR count). The molecule has 1 unspecified atom stereocenters. The van der Waals surface area contributed by atoms with Gasteiger partial charge in [-0.1, -0.05) is 0 Å². The van der Waals surface area contributed by atoms with E-state index in [1.807, 2.05) is 26.4 Å². The topological polar surface area (TPSA) is 50.1 Å². The summed E-state index contributed by atoms with van der Waals surface area (Å²) < 4.78 is 1.80. The fraction of sp³-hybridized carbons (Fsp3) is 0.700. The second kappa shape index (κ2) is 5.78. The number of aliphatic hydroxyl groups is 1. The van der Waals surface area contributed by atoms with Gasteiger partial charge in [-0.15, -0.1) is 0 Å². The maximum Gasteiger partial charge on any atom is 0.0534 e. The molecule has 0 aliphatic heterocycles. The zero-order valence-corrected chi connectivity index (χ0v) is 8.90. The van der Waals surface area contributed by atoms with Crippen molar-refractivity contribution in [2.45, 2.75) is 32.4 Å². The highest BCUT2D eigenvalue weighted by Crippen LogP contribution is 1.97. The molecule has 0 aromatic carbocycles. The molecule has 1 heterocycles. The number of hydrogen-bond donors (Lipinski definition) is 2. The minimum absolute atomic E-state index is 0.185. The third kappa shape index (κ3) is 4.39. The lowest BCUT2D eigenvalue weighted by Gasteiger charge is -2.04. The molecule has 0 spiro atoms. The average Bonchev–Trinajstić information content (AvgIpc) is 2.50. The van der Waals surface area contributed by atoms with Crippen molar-refractivity contribution in [2.24, 2.45) is 7.05 Å². The molecular weight excluding hydrogens is 178 g/mol. The lowest BCUT2D eigenvalue weighted by Crippen LogP contribution is -2.15. The quantitative estimate of drug-likeness (QED) is 0.659. The Labute approximate surface area is 84.9 Å². The smallest absolute Gasteiger partial charge is 0.0534 e. The van der Waals surface area contributed by atoms with Gasteiger partial charge in [0.2, 0.25) is 0 Å². The standard InChI is InChI=1S/C10H19N3O/c1-9(14)4-3-5-11-6-10-7-12-13(2)8-10/h7-9,11,14H,3-6H2,1-2H3. The highest BCUT2D eigenvalue weighted by atomic mass is 16.3. The number of aromatic nitrogens is 2. The lowest BCUT2D eigenvalue weighted by atomic mass is 10.2. The summed E-state index contributed by atoms with van der Waals surface area (Å²) in [5.74, 6) is 0. The van der Waals surface area contributed by atoms with Gasteiger partial charge in [0.05, 0.1) is 12.3 Å². The molecule has 1 atom stereocenters. The first-order valence-corrected chi connectivity index (χ1v) is 5.05. The van der Waals surface area contributed by atoms with Gasteiger partial charge in [0, 0.05) is 25.4 Å². The van der Waals surface area contributed by atoms with Crippen molar-refractivity contribution in [3.63, 3.8) is 0 Å². The average molecular weight is 197 g/mol. The van der Waals surface area contributed by atoms with Gasteiger partial charge >= 0.3 is 0 Å². The number of hydrogen-bond acceptors (Lipinski definition) is 3. The number of nitrogens with one attached hydrogen (secondary N) is 1. The van der Waals surface area contributed by atoms with Crippen LogP contribution in [0.1, 0.15) is 25.3 Å². The summed E-state index contributed by atoms with van der Waals surface area (Å²) in [7, 11) is 1.91. The highest BCUT2D eigenvalue weighted by molar-refractivity contribution is 5.02.